The molecule has 0 saturated heterocycles. The lowest BCUT2D eigenvalue weighted by Gasteiger charge is -2.34. The van der Waals surface area contributed by atoms with Crippen molar-refractivity contribution in [3.63, 3.8) is 0 Å². The number of anilines is 1. The number of rotatable bonds is 3. The maximum atomic E-state index is 12.0. The van der Waals surface area contributed by atoms with Crippen molar-refractivity contribution in [3.05, 3.63) is 28.8 Å². The van der Waals surface area contributed by atoms with Crippen LogP contribution in [-0.2, 0) is 0 Å². The predicted octanol–water partition coefficient (Wildman–Crippen LogP) is 3.05. The highest BCUT2D eigenvalue weighted by atomic mass is 35.5. The second kappa shape index (κ2) is 5.48. The monoisotopic (exact) mass is 282 g/mol. The molecule has 0 aromatic heterocycles. The third-order valence-corrected chi connectivity index (χ3v) is 3.63. The van der Waals surface area contributed by atoms with Gasteiger partial charge in [-0.05, 0) is 37.5 Å². The first-order valence-electron chi connectivity index (χ1n) is 6.05. The SMILES string of the molecule is CN(C(=O)Nc1ccc(Cl)cc1C(=O)O)C1CCC1. The van der Waals surface area contributed by atoms with Crippen LogP contribution in [0, 0.1) is 0 Å². The molecule has 0 aliphatic heterocycles. The zero-order valence-electron chi connectivity index (χ0n) is 10.5. The molecule has 1 aromatic rings. The van der Waals surface area contributed by atoms with Crippen LogP contribution in [0.4, 0.5) is 10.5 Å². The van der Waals surface area contributed by atoms with E-state index < -0.39 is 5.97 Å². The van der Waals surface area contributed by atoms with Gasteiger partial charge in [0.25, 0.3) is 0 Å². The molecule has 1 aliphatic carbocycles. The Labute approximate surface area is 116 Å². The van der Waals surface area contributed by atoms with Gasteiger partial charge in [0.05, 0.1) is 11.3 Å². The minimum atomic E-state index is -1.12. The van der Waals surface area contributed by atoms with Crippen LogP contribution in [0.2, 0.25) is 5.02 Å². The fourth-order valence-corrected chi connectivity index (χ4v) is 2.12. The maximum Gasteiger partial charge on any atom is 0.337 e. The van der Waals surface area contributed by atoms with Crippen LogP contribution in [0.5, 0.6) is 0 Å². The van der Waals surface area contributed by atoms with E-state index in [4.69, 9.17) is 16.7 Å². The summed E-state index contributed by atoms with van der Waals surface area (Å²) in [6.07, 6.45) is 3.12. The lowest BCUT2D eigenvalue weighted by molar-refractivity contribution is 0.0698. The van der Waals surface area contributed by atoms with Gasteiger partial charge < -0.3 is 15.3 Å². The van der Waals surface area contributed by atoms with Gasteiger partial charge in [-0.15, -0.1) is 0 Å². The predicted molar refractivity (Wildman–Crippen MR) is 72.8 cm³/mol. The second-order valence-electron chi connectivity index (χ2n) is 4.62. The molecule has 0 heterocycles. The number of carboxylic acids is 1. The first-order valence-corrected chi connectivity index (χ1v) is 6.43. The Kier molecular flexibility index (Phi) is 3.95. The standard InChI is InChI=1S/C13H15ClN2O3/c1-16(9-3-2-4-9)13(19)15-11-6-5-8(14)7-10(11)12(17)18/h5-7,9H,2-4H2,1H3,(H,15,19)(H,17,18). The normalized spacial score (nSPS) is 14.6. The molecule has 1 aliphatic rings. The van der Waals surface area contributed by atoms with E-state index in [1.165, 1.54) is 12.1 Å². The average Bonchev–Trinajstić information content (AvgIpc) is 2.28. The molecule has 0 bridgehead atoms. The van der Waals surface area contributed by atoms with Crippen LogP contribution in [0.15, 0.2) is 18.2 Å². The molecular formula is C13H15ClN2O3. The first-order chi connectivity index (χ1) is 8.99. The van der Waals surface area contributed by atoms with Gasteiger partial charge in [-0.1, -0.05) is 11.6 Å². The minimum absolute atomic E-state index is 0.0112. The third-order valence-electron chi connectivity index (χ3n) is 3.40. The topological polar surface area (TPSA) is 69.6 Å². The van der Waals surface area contributed by atoms with Crippen LogP contribution in [-0.4, -0.2) is 35.1 Å². The summed E-state index contributed by atoms with van der Waals surface area (Å²) in [5.74, 6) is -1.12. The number of halogens is 1. The quantitative estimate of drug-likeness (QED) is 0.895. The van der Waals surface area contributed by atoms with Crippen LogP contribution in [0.1, 0.15) is 29.6 Å². The summed E-state index contributed by atoms with van der Waals surface area (Å²) in [5.41, 5.74) is 0.246. The number of carbonyl (C=O) groups excluding carboxylic acids is 1. The number of amides is 2. The Hall–Kier alpha value is -1.75. The number of nitrogens with one attached hydrogen (secondary N) is 1. The van der Waals surface area contributed by atoms with Crippen molar-refractivity contribution in [1.82, 2.24) is 4.90 Å². The van der Waals surface area contributed by atoms with Crippen molar-refractivity contribution in [2.45, 2.75) is 25.3 Å². The van der Waals surface area contributed by atoms with Gasteiger partial charge in [-0.25, -0.2) is 9.59 Å². The first kappa shape index (κ1) is 13.7. The van der Waals surface area contributed by atoms with E-state index in [2.05, 4.69) is 5.32 Å². The number of hydrogen-bond acceptors (Lipinski definition) is 2. The zero-order valence-corrected chi connectivity index (χ0v) is 11.3. The highest BCUT2D eigenvalue weighted by Gasteiger charge is 2.26. The number of carboxylic acid groups (broad SMARTS) is 1. The van der Waals surface area contributed by atoms with Gasteiger partial charge in [-0.3, -0.25) is 0 Å². The van der Waals surface area contributed by atoms with E-state index in [0.29, 0.717) is 5.02 Å². The molecule has 5 nitrogen and oxygen atoms in total. The molecule has 0 atom stereocenters. The molecule has 1 saturated carbocycles. The largest absolute Gasteiger partial charge is 0.478 e. The Balaban J connectivity index is 2.13. The van der Waals surface area contributed by atoms with Crippen molar-refractivity contribution in [1.29, 1.82) is 0 Å². The summed E-state index contributed by atoms with van der Waals surface area (Å²) >= 11 is 5.76. The van der Waals surface area contributed by atoms with E-state index in [0.717, 1.165) is 19.3 Å². The number of benzene rings is 1. The fraction of sp³-hybridized carbons (Fsp3) is 0.385. The van der Waals surface area contributed by atoms with Crippen molar-refractivity contribution in [3.8, 4) is 0 Å². The van der Waals surface area contributed by atoms with E-state index in [-0.39, 0.29) is 23.3 Å². The molecule has 0 spiro atoms. The highest BCUT2D eigenvalue weighted by molar-refractivity contribution is 6.31. The Morgan fingerprint density at radius 3 is 2.63 bits per heavy atom. The van der Waals surface area contributed by atoms with E-state index in [9.17, 15) is 9.59 Å². The number of urea groups is 1. The molecule has 1 aromatic carbocycles. The zero-order chi connectivity index (χ0) is 14.0. The van der Waals surface area contributed by atoms with Crippen LogP contribution < -0.4 is 5.32 Å². The van der Waals surface area contributed by atoms with Crippen LogP contribution in [0.25, 0.3) is 0 Å². The summed E-state index contributed by atoms with van der Waals surface area (Å²) in [4.78, 5) is 24.7. The summed E-state index contributed by atoms with van der Waals surface area (Å²) in [5, 5.41) is 12.0. The fourth-order valence-electron chi connectivity index (χ4n) is 1.95. The lowest BCUT2D eigenvalue weighted by Crippen LogP contribution is -2.43. The molecule has 2 amide bonds. The van der Waals surface area contributed by atoms with Gasteiger partial charge in [-0.2, -0.15) is 0 Å². The van der Waals surface area contributed by atoms with Gasteiger partial charge in [0.2, 0.25) is 0 Å². The summed E-state index contributed by atoms with van der Waals surface area (Å²) in [6.45, 7) is 0. The number of hydrogen-bond donors (Lipinski definition) is 2. The Morgan fingerprint density at radius 2 is 2.11 bits per heavy atom. The van der Waals surface area contributed by atoms with Gasteiger partial charge in [0, 0.05) is 18.1 Å². The number of carbonyl (C=O) groups is 2. The van der Waals surface area contributed by atoms with Crippen molar-refractivity contribution in [2.75, 3.05) is 12.4 Å². The van der Waals surface area contributed by atoms with Crippen molar-refractivity contribution in [2.24, 2.45) is 0 Å². The number of nitrogens with zero attached hydrogens (tertiary/aromatic N) is 1. The molecule has 19 heavy (non-hydrogen) atoms. The third kappa shape index (κ3) is 2.98. The van der Waals surface area contributed by atoms with Crippen molar-refractivity contribution >= 4 is 29.3 Å². The molecule has 2 rings (SSSR count). The van der Waals surface area contributed by atoms with E-state index >= 15 is 0 Å². The van der Waals surface area contributed by atoms with Crippen LogP contribution >= 0.6 is 11.6 Å². The minimum Gasteiger partial charge on any atom is -0.478 e. The van der Waals surface area contributed by atoms with Crippen molar-refractivity contribution < 1.29 is 14.7 Å². The summed E-state index contributed by atoms with van der Waals surface area (Å²) < 4.78 is 0. The molecule has 102 valence electrons. The van der Waals surface area contributed by atoms with E-state index in [1.54, 1.807) is 18.0 Å². The summed E-state index contributed by atoms with van der Waals surface area (Å²) in [7, 11) is 1.72. The van der Waals surface area contributed by atoms with Gasteiger partial charge in [0.1, 0.15) is 0 Å². The van der Waals surface area contributed by atoms with Gasteiger partial charge >= 0.3 is 12.0 Å². The lowest BCUT2D eigenvalue weighted by atomic mass is 9.92. The maximum absolute atomic E-state index is 12.0. The highest BCUT2D eigenvalue weighted by Crippen LogP contribution is 2.25. The summed E-state index contributed by atoms with van der Waals surface area (Å²) in [6, 6.07) is 4.32. The molecule has 0 unspecified atom stereocenters. The van der Waals surface area contributed by atoms with Crippen LogP contribution in [0.3, 0.4) is 0 Å². The Bertz CT molecular complexity index is 515. The molecule has 0 radical (unpaired) electrons. The Morgan fingerprint density at radius 1 is 1.42 bits per heavy atom. The molecule has 1 fully saturated rings. The average molecular weight is 283 g/mol. The van der Waals surface area contributed by atoms with Gasteiger partial charge in [0.15, 0.2) is 0 Å². The molecule has 6 heteroatoms. The molecule has 2 N–H and O–H groups in total. The number of aromatic carboxylic acids is 1. The van der Waals surface area contributed by atoms with E-state index in [1.807, 2.05) is 0 Å². The second-order valence-corrected chi connectivity index (χ2v) is 5.06. The molecular weight excluding hydrogens is 268 g/mol. The smallest absolute Gasteiger partial charge is 0.337 e.